The molecule has 0 saturated carbocycles. The van der Waals surface area contributed by atoms with Crippen LogP contribution in [0, 0.1) is 64.2 Å². The van der Waals surface area contributed by atoms with Crippen LogP contribution in [-0.4, -0.2) is 73.2 Å². The molecule has 2 unspecified atom stereocenters. The molecule has 4 heterocycles. The molecular formula is C66H76N8O6S2Si2. The van der Waals surface area contributed by atoms with E-state index in [1.807, 2.05) is 94.4 Å². The van der Waals surface area contributed by atoms with Crippen LogP contribution in [0.5, 0.6) is 0 Å². The van der Waals surface area contributed by atoms with Gasteiger partial charge in [0.05, 0.1) is 66.2 Å². The molecule has 0 aliphatic rings. The number of aromatic nitrogens is 6. The van der Waals surface area contributed by atoms with Crippen molar-refractivity contribution in [3.8, 4) is 12.1 Å². The number of nitrogens with zero attached hydrogens (tertiary/aromatic N) is 8. The maximum atomic E-state index is 13.8. The molecule has 84 heavy (non-hydrogen) atoms. The number of fused-ring (bicyclic) bond motifs is 4. The second-order valence-corrected chi connectivity index (χ2v) is 39.7. The minimum Gasteiger partial charge on any atom is -0.361 e. The zero-order valence-corrected chi connectivity index (χ0v) is 54.4. The quantitative estimate of drug-likeness (QED) is 0.0592. The Morgan fingerprint density at radius 1 is 0.500 bits per heavy atom. The van der Waals surface area contributed by atoms with Crippen LogP contribution in [0.3, 0.4) is 0 Å². The second-order valence-electron chi connectivity index (χ2n) is 24.8. The maximum Gasteiger partial charge on any atom is 0.268 e. The highest BCUT2D eigenvalue weighted by atomic mass is 32.2. The fraction of sp³-hybridized carbons (Fsp3) is 0.333. The van der Waals surface area contributed by atoms with Gasteiger partial charge in [0.2, 0.25) is 0 Å². The van der Waals surface area contributed by atoms with Crippen LogP contribution in [0.25, 0.3) is 43.9 Å². The Labute approximate surface area is 497 Å². The summed E-state index contributed by atoms with van der Waals surface area (Å²) in [6.45, 7) is 32.1. The smallest absolute Gasteiger partial charge is 0.268 e. The van der Waals surface area contributed by atoms with E-state index in [9.17, 15) is 27.4 Å². The molecule has 0 saturated heterocycles. The van der Waals surface area contributed by atoms with E-state index in [2.05, 4.69) is 100 Å². The summed E-state index contributed by atoms with van der Waals surface area (Å²) in [6, 6.07) is 39.4. The molecule has 10 rings (SSSR count). The van der Waals surface area contributed by atoms with E-state index < -0.39 is 36.2 Å². The van der Waals surface area contributed by atoms with E-state index in [0.29, 0.717) is 48.8 Å². The Hall–Kier alpha value is -7.43. The second kappa shape index (κ2) is 23.9. The van der Waals surface area contributed by atoms with Gasteiger partial charge in [0.15, 0.2) is 0 Å². The molecule has 0 amide bonds. The minimum absolute atomic E-state index is 0.176. The number of hydrogen-bond acceptors (Lipinski definition) is 10. The van der Waals surface area contributed by atoms with Gasteiger partial charge >= 0.3 is 0 Å². The van der Waals surface area contributed by atoms with Gasteiger partial charge in [-0.15, -0.1) is 0 Å². The molecule has 6 aromatic carbocycles. The van der Waals surface area contributed by atoms with Gasteiger partial charge in [-0.3, -0.25) is 0 Å². The highest BCUT2D eigenvalue weighted by Gasteiger charge is 2.29. The third-order valence-corrected chi connectivity index (χ3v) is 22.6. The van der Waals surface area contributed by atoms with Crippen molar-refractivity contribution in [1.29, 1.82) is 10.5 Å². The van der Waals surface area contributed by atoms with E-state index in [1.54, 1.807) is 42.7 Å². The summed E-state index contributed by atoms with van der Waals surface area (Å²) in [7, 11) is -10.1. The van der Waals surface area contributed by atoms with Gasteiger partial charge in [-0.25, -0.2) is 34.7 Å². The van der Waals surface area contributed by atoms with Crippen LogP contribution in [0.1, 0.15) is 93.0 Å². The third kappa shape index (κ3) is 12.4. The van der Waals surface area contributed by atoms with Gasteiger partial charge in [0, 0.05) is 64.4 Å². The summed E-state index contributed by atoms with van der Waals surface area (Å²) >= 11 is 0. The van der Waals surface area contributed by atoms with Crippen molar-refractivity contribution in [3.63, 3.8) is 0 Å². The third-order valence-electron chi connectivity index (χ3n) is 15.8. The zero-order chi connectivity index (χ0) is 60.8. The fourth-order valence-electron chi connectivity index (χ4n) is 11.3. The minimum atomic E-state index is -3.80. The van der Waals surface area contributed by atoms with Gasteiger partial charge in [0.1, 0.15) is 25.1 Å². The van der Waals surface area contributed by atoms with Crippen LogP contribution >= 0.6 is 0 Å². The molecule has 0 aliphatic heterocycles. The zero-order valence-electron chi connectivity index (χ0n) is 50.8. The first-order valence-corrected chi connectivity index (χ1v) is 38.8. The maximum absolute atomic E-state index is 13.8. The van der Waals surface area contributed by atoms with Gasteiger partial charge < -0.3 is 18.6 Å². The SMILES string of the molecule is Cc1ccc(S(=O)(=O)n2ccc3c(C(C)c4nc5cc(C#N)ccc5n4COCC[Si](C)(C)C)c(C)cc(C)c32)cc1.Cc1ccc(S(=O)(=O)n2ccc3c(C(C)c4nc5ccc(C#N)cc5n4COCC[Si](C)(C)C)c(C)cc(C)c32)cc1. The lowest BCUT2D eigenvalue weighted by Crippen LogP contribution is -2.22. The highest BCUT2D eigenvalue weighted by molar-refractivity contribution is 7.90. The molecule has 0 radical (unpaired) electrons. The lowest BCUT2D eigenvalue weighted by Gasteiger charge is -2.20. The first-order valence-electron chi connectivity index (χ1n) is 28.5. The van der Waals surface area contributed by atoms with E-state index in [4.69, 9.17) is 19.4 Å². The number of ether oxygens (including phenoxy) is 2. The molecule has 0 bridgehead atoms. The summed E-state index contributed by atoms with van der Waals surface area (Å²) in [5, 5.41) is 20.8. The summed E-state index contributed by atoms with van der Waals surface area (Å²) in [5.74, 6) is 1.28. The van der Waals surface area contributed by atoms with Gasteiger partial charge in [0.25, 0.3) is 20.0 Å². The van der Waals surface area contributed by atoms with Crippen LogP contribution in [-0.2, 0) is 43.0 Å². The number of nitriles is 2. The van der Waals surface area contributed by atoms with Gasteiger partial charge in [-0.2, -0.15) is 10.5 Å². The Kier molecular flexibility index (Phi) is 17.4. The standard InChI is InChI=1S/2C33H38N4O3SSi/c1-22-8-11-27(12-9-22)41(38,39)37-15-14-28-31(23(2)18-24(3)32(28)37)25(4)33-35-29-19-26(20-34)10-13-30(29)36(33)21-40-16-17-42(5,6)7;1-22-8-11-27(12-9-22)41(38,39)37-15-14-28-31(23(2)18-24(3)32(28)37)25(4)33-35-29-13-10-26(20-34)19-30(29)36(33)21-40-16-17-42(5,6)7/h2*8-15,18-19,25H,16-17,21H2,1-7H3. The molecule has 0 spiro atoms. The van der Waals surface area contributed by atoms with Crippen molar-refractivity contribution in [1.82, 2.24) is 27.0 Å². The number of benzene rings is 6. The van der Waals surface area contributed by atoms with Crippen LogP contribution < -0.4 is 0 Å². The van der Waals surface area contributed by atoms with Crippen LogP contribution in [0.4, 0.5) is 0 Å². The van der Waals surface area contributed by atoms with Crippen molar-refractivity contribution < 1.29 is 26.3 Å². The molecule has 18 heteroatoms. The average molecular weight is 1200 g/mol. The molecule has 2 atom stereocenters. The molecule has 0 N–H and O–H groups in total. The lowest BCUT2D eigenvalue weighted by molar-refractivity contribution is 0.0874. The molecule has 14 nitrogen and oxygen atoms in total. The topological polar surface area (TPSA) is 180 Å². The molecule has 436 valence electrons. The first kappa shape index (κ1) is 61.1. The summed E-state index contributed by atoms with van der Waals surface area (Å²) in [4.78, 5) is 10.6. The number of rotatable bonds is 18. The molecule has 10 aromatic rings. The number of aryl methyl sites for hydroxylation is 6. The Balaban J connectivity index is 0.000000202. The van der Waals surface area contributed by atoms with Crippen molar-refractivity contribution in [2.45, 2.75) is 142 Å². The molecule has 4 aromatic heterocycles. The van der Waals surface area contributed by atoms with Crippen molar-refractivity contribution in [2.24, 2.45) is 0 Å². The largest absolute Gasteiger partial charge is 0.361 e. The normalized spacial score (nSPS) is 13.1. The summed E-state index contributed by atoms with van der Waals surface area (Å²) in [6.07, 6.45) is 3.31. The monoisotopic (exact) mass is 1200 g/mol. The summed E-state index contributed by atoms with van der Waals surface area (Å²) in [5.41, 5.74) is 13.7. The predicted molar refractivity (Wildman–Crippen MR) is 342 cm³/mol. The van der Waals surface area contributed by atoms with E-state index >= 15 is 0 Å². The molecule has 0 aliphatic carbocycles. The van der Waals surface area contributed by atoms with Crippen LogP contribution in [0.2, 0.25) is 51.4 Å². The van der Waals surface area contributed by atoms with Gasteiger partial charge in [-0.05, 0) is 160 Å². The Bertz CT molecular complexity index is 4290. The van der Waals surface area contributed by atoms with E-state index in [1.165, 1.54) is 7.94 Å². The lowest BCUT2D eigenvalue weighted by atomic mass is 9.90. The number of hydrogen-bond donors (Lipinski definition) is 0. The van der Waals surface area contributed by atoms with Gasteiger partial charge in [-0.1, -0.05) is 101 Å². The summed E-state index contributed by atoms with van der Waals surface area (Å²) < 4.78 is 74.4. The van der Waals surface area contributed by atoms with E-state index in [-0.39, 0.29) is 21.6 Å². The molecular weight excluding hydrogens is 1120 g/mol. The number of imidazole rings is 2. The fourth-order valence-corrected chi connectivity index (χ4v) is 15.6. The average Bonchev–Trinajstić information content (AvgIpc) is 2.98. The van der Waals surface area contributed by atoms with Crippen LogP contribution in [0.15, 0.2) is 131 Å². The molecule has 0 fully saturated rings. The van der Waals surface area contributed by atoms with Crippen molar-refractivity contribution in [2.75, 3.05) is 13.2 Å². The van der Waals surface area contributed by atoms with Crippen molar-refractivity contribution in [3.05, 3.63) is 189 Å². The predicted octanol–water partition coefficient (Wildman–Crippen LogP) is 15.0. The van der Waals surface area contributed by atoms with E-state index in [0.717, 1.165) is 101 Å². The highest BCUT2D eigenvalue weighted by Crippen LogP contribution is 2.40. The first-order chi connectivity index (χ1) is 39.6. The van der Waals surface area contributed by atoms with Crippen molar-refractivity contribution >= 4 is 80.1 Å². The Morgan fingerprint density at radius 3 is 1.33 bits per heavy atom. The Morgan fingerprint density at radius 2 is 0.905 bits per heavy atom.